The first-order valence-corrected chi connectivity index (χ1v) is 9.46. The van der Waals surface area contributed by atoms with E-state index in [4.69, 9.17) is 9.47 Å². The number of benzene rings is 1. The molecule has 0 aliphatic heterocycles. The molecule has 136 valence electrons. The Morgan fingerprint density at radius 2 is 1.92 bits per heavy atom. The van der Waals surface area contributed by atoms with Crippen LogP contribution >= 0.6 is 27.3 Å². The molecule has 0 saturated carbocycles. The lowest BCUT2D eigenvalue weighted by molar-refractivity contribution is -0.142. The monoisotopic (exact) mass is 437 g/mol. The maximum Gasteiger partial charge on any atom is 0.341 e. The van der Waals surface area contributed by atoms with E-state index in [1.165, 1.54) is 25.6 Å². The molecule has 1 amide bonds. The quantitative estimate of drug-likeness (QED) is 0.736. The summed E-state index contributed by atoms with van der Waals surface area (Å²) >= 11 is 4.64. The lowest BCUT2D eigenvalue weighted by Gasteiger charge is -2.12. The van der Waals surface area contributed by atoms with Crippen molar-refractivity contribution in [2.24, 2.45) is 0 Å². The molecule has 1 aromatic heterocycles. The Kier molecular flexibility index (Phi) is 5.43. The molecule has 3 rings (SSSR count). The summed E-state index contributed by atoms with van der Waals surface area (Å²) in [7, 11) is 2.59. The maximum atomic E-state index is 12.6. The van der Waals surface area contributed by atoms with Gasteiger partial charge in [0.2, 0.25) is 0 Å². The van der Waals surface area contributed by atoms with Crippen molar-refractivity contribution in [3.05, 3.63) is 50.3 Å². The third kappa shape index (κ3) is 3.26. The van der Waals surface area contributed by atoms with E-state index in [0.29, 0.717) is 33.4 Å². The van der Waals surface area contributed by atoms with Crippen LogP contribution in [0.3, 0.4) is 0 Å². The van der Waals surface area contributed by atoms with E-state index >= 15 is 0 Å². The fraction of sp³-hybridized carbons (Fsp3) is 0.278. The zero-order valence-electron chi connectivity index (χ0n) is 14.1. The zero-order valence-corrected chi connectivity index (χ0v) is 16.5. The Bertz CT molecular complexity index is 892. The number of aryl methyl sites for hydroxylation is 1. The zero-order chi connectivity index (χ0) is 18.8. The van der Waals surface area contributed by atoms with E-state index in [2.05, 4.69) is 21.2 Å². The van der Waals surface area contributed by atoms with Gasteiger partial charge in [0.15, 0.2) is 0 Å². The number of nitrogens with one attached hydrogen (secondary N) is 1. The van der Waals surface area contributed by atoms with Crippen LogP contribution in [0.4, 0.5) is 5.00 Å². The van der Waals surface area contributed by atoms with Gasteiger partial charge in [-0.2, -0.15) is 0 Å². The smallest absolute Gasteiger partial charge is 0.341 e. The Hall–Kier alpha value is -2.19. The molecule has 1 aliphatic rings. The molecule has 0 bridgehead atoms. The number of thiophene rings is 1. The Labute approximate surface area is 162 Å². The average molecular weight is 438 g/mol. The fourth-order valence-electron chi connectivity index (χ4n) is 3.05. The topological polar surface area (TPSA) is 81.7 Å². The van der Waals surface area contributed by atoms with Gasteiger partial charge in [0.05, 0.1) is 31.3 Å². The highest BCUT2D eigenvalue weighted by atomic mass is 79.9. The van der Waals surface area contributed by atoms with Crippen LogP contribution < -0.4 is 5.32 Å². The second-order valence-electron chi connectivity index (χ2n) is 5.68. The largest absolute Gasteiger partial charge is 0.469 e. The number of hydrogen-bond acceptors (Lipinski definition) is 6. The Morgan fingerprint density at radius 3 is 2.58 bits per heavy atom. The van der Waals surface area contributed by atoms with Gasteiger partial charge in [-0.05, 0) is 46.5 Å². The van der Waals surface area contributed by atoms with Crippen molar-refractivity contribution in [3.63, 3.8) is 0 Å². The molecule has 0 fully saturated rings. The van der Waals surface area contributed by atoms with Crippen LogP contribution in [-0.2, 0) is 20.7 Å². The van der Waals surface area contributed by atoms with Crippen LogP contribution in [0.15, 0.2) is 28.7 Å². The van der Waals surface area contributed by atoms with Crippen molar-refractivity contribution in [1.29, 1.82) is 0 Å². The van der Waals surface area contributed by atoms with Gasteiger partial charge >= 0.3 is 11.9 Å². The summed E-state index contributed by atoms with van der Waals surface area (Å²) in [6.45, 7) is 0. The number of methoxy groups -OCH3 is 2. The normalized spacial score (nSPS) is 15.3. The van der Waals surface area contributed by atoms with Gasteiger partial charge in [-0.3, -0.25) is 9.59 Å². The Balaban J connectivity index is 2.01. The molecule has 1 aromatic carbocycles. The van der Waals surface area contributed by atoms with Crippen molar-refractivity contribution < 1.29 is 23.9 Å². The van der Waals surface area contributed by atoms with E-state index in [1.54, 1.807) is 24.3 Å². The van der Waals surface area contributed by atoms with Gasteiger partial charge in [-0.15, -0.1) is 11.3 Å². The van der Waals surface area contributed by atoms with Gasteiger partial charge in [0.1, 0.15) is 5.00 Å². The summed E-state index contributed by atoms with van der Waals surface area (Å²) in [5.41, 5.74) is 1.29. The number of esters is 2. The number of halogens is 1. The van der Waals surface area contributed by atoms with E-state index in [1.807, 2.05) is 0 Å². The molecule has 1 heterocycles. The minimum Gasteiger partial charge on any atom is -0.469 e. The molecule has 0 unspecified atom stereocenters. The highest BCUT2D eigenvalue weighted by molar-refractivity contribution is 9.10. The lowest BCUT2D eigenvalue weighted by atomic mass is 9.99. The van der Waals surface area contributed by atoms with E-state index in [9.17, 15) is 14.4 Å². The predicted octanol–water partition coefficient (Wildman–Crippen LogP) is 3.75. The number of rotatable bonds is 4. The summed E-state index contributed by atoms with van der Waals surface area (Å²) in [6.07, 6.45) is 1.23. The maximum absolute atomic E-state index is 12.6. The standard InChI is InChI=1S/C18H16BrNO5S/c1-24-17(22)10-7-8-12-13(10)14(18(23)25-2)16(26-12)20-15(21)9-5-3-4-6-11(9)19/h3-6,10H,7-8H2,1-2H3,(H,20,21)/t10-/m0/s1. The summed E-state index contributed by atoms with van der Waals surface area (Å²) in [5.74, 6) is -1.84. The fourth-order valence-corrected chi connectivity index (χ4v) is 4.78. The number of hydrogen-bond donors (Lipinski definition) is 1. The van der Waals surface area contributed by atoms with Crippen molar-refractivity contribution in [3.8, 4) is 0 Å². The van der Waals surface area contributed by atoms with Gasteiger partial charge < -0.3 is 14.8 Å². The third-order valence-corrected chi connectivity index (χ3v) is 6.12. The molecule has 0 spiro atoms. The van der Waals surface area contributed by atoms with E-state index in [0.717, 1.165) is 4.88 Å². The lowest BCUT2D eigenvalue weighted by Crippen LogP contribution is -2.18. The number of fused-ring (bicyclic) bond motifs is 1. The number of anilines is 1. The van der Waals surface area contributed by atoms with Crippen molar-refractivity contribution in [2.75, 3.05) is 19.5 Å². The summed E-state index contributed by atoms with van der Waals surface area (Å²) in [5, 5.41) is 3.17. The van der Waals surface area contributed by atoms with Gasteiger partial charge in [-0.1, -0.05) is 12.1 Å². The summed E-state index contributed by atoms with van der Waals surface area (Å²) in [6, 6.07) is 7.00. The Morgan fingerprint density at radius 1 is 1.19 bits per heavy atom. The van der Waals surface area contributed by atoms with Crippen molar-refractivity contribution in [1.82, 2.24) is 0 Å². The van der Waals surface area contributed by atoms with Crippen molar-refractivity contribution in [2.45, 2.75) is 18.8 Å². The van der Waals surface area contributed by atoms with Crippen molar-refractivity contribution >= 4 is 50.1 Å². The van der Waals surface area contributed by atoms with E-state index in [-0.39, 0.29) is 11.5 Å². The first-order chi connectivity index (χ1) is 12.5. The van der Waals surface area contributed by atoms with Crippen LogP contribution in [0.2, 0.25) is 0 Å². The SMILES string of the molecule is COC(=O)c1c(NC(=O)c2ccccc2Br)sc2c1[C@@H](C(=O)OC)CC2. The molecular weight excluding hydrogens is 422 g/mol. The summed E-state index contributed by atoms with van der Waals surface area (Å²) in [4.78, 5) is 38.0. The molecule has 1 N–H and O–H groups in total. The molecule has 2 aromatic rings. The molecule has 1 atom stereocenters. The molecule has 0 radical (unpaired) electrons. The molecular formula is C18H16BrNO5S. The van der Waals surface area contributed by atoms with Crippen LogP contribution in [0.5, 0.6) is 0 Å². The molecule has 8 heteroatoms. The molecule has 6 nitrogen and oxygen atoms in total. The minimum atomic E-state index is -0.583. The first-order valence-electron chi connectivity index (χ1n) is 7.85. The highest BCUT2D eigenvalue weighted by Gasteiger charge is 2.38. The summed E-state index contributed by atoms with van der Waals surface area (Å²) < 4.78 is 10.4. The predicted molar refractivity (Wildman–Crippen MR) is 101 cm³/mol. The number of amides is 1. The second kappa shape index (κ2) is 7.59. The van der Waals surface area contributed by atoms with Crippen LogP contribution in [0.25, 0.3) is 0 Å². The number of carbonyl (C=O) groups excluding carboxylic acids is 3. The molecule has 0 saturated heterocycles. The minimum absolute atomic E-state index is 0.237. The van der Waals surface area contributed by atoms with Crippen LogP contribution in [0, 0.1) is 0 Å². The number of carbonyl (C=O) groups is 3. The van der Waals surface area contributed by atoms with Gasteiger partial charge in [0, 0.05) is 9.35 Å². The molecule has 1 aliphatic carbocycles. The van der Waals surface area contributed by atoms with Crippen LogP contribution in [-0.4, -0.2) is 32.1 Å². The average Bonchev–Trinajstić information content (AvgIpc) is 3.19. The van der Waals surface area contributed by atoms with Gasteiger partial charge in [0.25, 0.3) is 5.91 Å². The van der Waals surface area contributed by atoms with E-state index < -0.39 is 17.9 Å². The second-order valence-corrected chi connectivity index (χ2v) is 7.64. The molecule has 26 heavy (non-hydrogen) atoms. The highest BCUT2D eigenvalue weighted by Crippen LogP contribution is 2.46. The number of ether oxygens (including phenoxy) is 2. The van der Waals surface area contributed by atoms with Gasteiger partial charge in [-0.25, -0.2) is 4.79 Å². The van der Waals surface area contributed by atoms with Crippen LogP contribution in [0.1, 0.15) is 43.5 Å². The first kappa shape index (κ1) is 18.6. The third-order valence-electron chi connectivity index (χ3n) is 4.25.